The van der Waals surface area contributed by atoms with Crippen LogP contribution >= 0.6 is 0 Å². The SMILES string of the molecule is COc1ccc(CCNc2cc(N3CCc4c(N5CCN(C(=O)OCc6ccccc6)CC5)cccc43)nn3c(C(=O)N[C@@H]4C[C@@H]4F)cnc23)cc1. The molecule has 3 aliphatic rings. The summed E-state index contributed by atoms with van der Waals surface area (Å²) in [5, 5.41) is 11.2. The topological polar surface area (TPSA) is 117 Å². The minimum Gasteiger partial charge on any atom is -0.497 e. The van der Waals surface area contributed by atoms with Crippen molar-refractivity contribution in [3.8, 4) is 5.75 Å². The van der Waals surface area contributed by atoms with Gasteiger partial charge >= 0.3 is 6.09 Å². The van der Waals surface area contributed by atoms with Gasteiger partial charge < -0.3 is 34.8 Å². The first-order valence-electron chi connectivity index (χ1n) is 17.8. The number of nitrogens with one attached hydrogen (secondary N) is 2. The smallest absolute Gasteiger partial charge is 0.410 e. The maximum atomic E-state index is 13.7. The van der Waals surface area contributed by atoms with Crippen LogP contribution in [0.25, 0.3) is 5.65 Å². The standard InChI is InChI=1S/C39H41FN8O4/c1-51-28-12-10-26(11-13-28)14-16-41-32-23-36(44-48-35(24-42-37(32)48)38(49)43-31-22-30(31)40)47-17-15-29-33(8-5-9-34(29)47)45-18-20-46(21-19-45)39(50)52-25-27-6-3-2-4-7-27/h2-13,23-24,30-31,41H,14-22,25H2,1H3,(H,43,49)/t30-,31+/m0/s1. The number of fused-ring (bicyclic) bond motifs is 2. The van der Waals surface area contributed by atoms with Gasteiger partial charge in [0, 0.05) is 68.7 Å². The van der Waals surface area contributed by atoms with Gasteiger partial charge in [0.1, 0.15) is 18.5 Å². The van der Waals surface area contributed by atoms with Gasteiger partial charge in [-0.1, -0.05) is 48.5 Å². The first kappa shape index (κ1) is 33.3. The predicted octanol–water partition coefficient (Wildman–Crippen LogP) is 5.39. The van der Waals surface area contributed by atoms with Gasteiger partial charge in [0.15, 0.2) is 17.2 Å². The largest absolute Gasteiger partial charge is 0.497 e. The van der Waals surface area contributed by atoms with Crippen molar-refractivity contribution in [1.29, 1.82) is 0 Å². The average Bonchev–Trinajstić information content (AvgIpc) is 3.50. The molecule has 1 aliphatic carbocycles. The lowest BCUT2D eigenvalue weighted by Gasteiger charge is -2.36. The third-order valence-electron chi connectivity index (χ3n) is 9.97. The normalized spacial score (nSPS) is 17.9. The number of nitrogens with zero attached hydrogens (tertiary/aromatic N) is 6. The number of piperazine rings is 1. The summed E-state index contributed by atoms with van der Waals surface area (Å²) in [4.78, 5) is 36.9. The zero-order chi connectivity index (χ0) is 35.6. The van der Waals surface area contributed by atoms with Crippen LogP contribution in [0.2, 0.25) is 0 Å². The fraction of sp³-hybridized carbons (Fsp3) is 0.333. The van der Waals surface area contributed by atoms with Crippen molar-refractivity contribution in [3.63, 3.8) is 0 Å². The Bertz CT molecular complexity index is 2070. The molecule has 3 aromatic carbocycles. The second kappa shape index (κ2) is 14.4. The Labute approximate surface area is 301 Å². The van der Waals surface area contributed by atoms with Crippen LogP contribution in [-0.2, 0) is 24.2 Å². The van der Waals surface area contributed by atoms with E-state index in [2.05, 4.69) is 43.6 Å². The molecule has 4 heterocycles. The summed E-state index contributed by atoms with van der Waals surface area (Å²) in [6, 6.07) is 25.5. The van der Waals surface area contributed by atoms with Crippen LogP contribution in [0, 0.1) is 0 Å². The fourth-order valence-corrected chi connectivity index (χ4v) is 6.95. The molecule has 0 spiro atoms. The number of ether oxygens (including phenoxy) is 2. The minimum atomic E-state index is -1.02. The summed E-state index contributed by atoms with van der Waals surface area (Å²) in [5.41, 5.74) is 7.03. The van der Waals surface area contributed by atoms with E-state index in [1.54, 1.807) is 16.5 Å². The van der Waals surface area contributed by atoms with Crippen molar-refractivity contribution in [2.75, 3.05) is 61.5 Å². The molecular formula is C39H41FN8O4. The van der Waals surface area contributed by atoms with Crippen molar-refractivity contribution in [2.45, 2.75) is 38.1 Å². The Kier molecular flexibility index (Phi) is 9.23. The Morgan fingerprint density at radius 2 is 1.69 bits per heavy atom. The number of benzene rings is 3. The lowest BCUT2D eigenvalue weighted by molar-refractivity contribution is 0.0934. The molecular weight excluding hydrogens is 663 g/mol. The molecule has 2 aliphatic heterocycles. The summed E-state index contributed by atoms with van der Waals surface area (Å²) in [5.74, 6) is 1.07. The van der Waals surface area contributed by atoms with E-state index < -0.39 is 18.1 Å². The summed E-state index contributed by atoms with van der Waals surface area (Å²) >= 11 is 0. The highest BCUT2D eigenvalue weighted by Gasteiger charge is 2.39. The minimum absolute atomic E-state index is 0.252. The average molecular weight is 705 g/mol. The number of anilines is 4. The second-order valence-electron chi connectivity index (χ2n) is 13.3. The molecule has 1 saturated heterocycles. The van der Waals surface area contributed by atoms with Crippen molar-refractivity contribution in [2.24, 2.45) is 0 Å². The molecule has 2 atom stereocenters. The van der Waals surface area contributed by atoms with Gasteiger partial charge in [0.25, 0.3) is 5.91 Å². The zero-order valence-corrected chi connectivity index (χ0v) is 29.0. The highest BCUT2D eigenvalue weighted by atomic mass is 19.1. The van der Waals surface area contributed by atoms with Crippen molar-refractivity contribution in [1.82, 2.24) is 24.8 Å². The summed E-state index contributed by atoms with van der Waals surface area (Å²) in [6.45, 7) is 4.10. The number of hydrogen-bond donors (Lipinski definition) is 2. The van der Waals surface area contributed by atoms with E-state index >= 15 is 0 Å². The molecule has 0 unspecified atom stereocenters. The van der Waals surface area contributed by atoms with E-state index in [1.165, 1.54) is 11.8 Å². The van der Waals surface area contributed by atoms with Gasteiger partial charge in [-0.2, -0.15) is 0 Å². The number of imidazole rings is 1. The maximum absolute atomic E-state index is 13.7. The molecule has 52 heavy (non-hydrogen) atoms. The first-order valence-corrected chi connectivity index (χ1v) is 17.8. The van der Waals surface area contributed by atoms with Crippen LogP contribution in [0.3, 0.4) is 0 Å². The molecule has 5 aromatic rings. The number of alkyl halides is 1. The first-order chi connectivity index (χ1) is 25.4. The van der Waals surface area contributed by atoms with Crippen LogP contribution in [0.15, 0.2) is 85.1 Å². The fourth-order valence-electron chi connectivity index (χ4n) is 6.95. The third kappa shape index (κ3) is 6.90. The highest BCUT2D eigenvalue weighted by molar-refractivity contribution is 5.94. The molecule has 2 fully saturated rings. The maximum Gasteiger partial charge on any atom is 0.410 e. The molecule has 8 rings (SSSR count). The van der Waals surface area contributed by atoms with Gasteiger partial charge in [0.2, 0.25) is 0 Å². The van der Waals surface area contributed by atoms with Crippen LogP contribution in [0.4, 0.5) is 32.1 Å². The zero-order valence-electron chi connectivity index (χ0n) is 29.0. The lowest BCUT2D eigenvalue weighted by Crippen LogP contribution is -2.49. The Balaban J connectivity index is 1.01. The number of hydrogen-bond acceptors (Lipinski definition) is 9. The van der Waals surface area contributed by atoms with Crippen LogP contribution in [0.5, 0.6) is 5.75 Å². The molecule has 2 aromatic heterocycles. The molecule has 0 bridgehead atoms. The van der Waals surface area contributed by atoms with Gasteiger partial charge in [0.05, 0.1) is 25.0 Å². The molecule has 12 nitrogen and oxygen atoms in total. The van der Waals surface area contributed by atoms with E-state index in [4.69, 9.17) is 14.6 Å². The Morgan fingerprint density at radius 3 is 2.44 bits per heavy atom. The molecule has 0 radical (unpaired) electrons. The second-order valence-corrected chi connectivity index (χ2v) is 13.3. The van der Waals surface area contributed by atoms with E-state index in [9.17, 15) is 14.0 Å². The summed E-state index contributed by atoms with van der Waals surface area (Å²) in [7, 11) is 1.65. The Morgan fingerprint density at radius 1 is 0.923 bits per heavy atom. The predicted molar refractivity (Wildman–Crippen MR) is 197 cm³/mol. The number of halogens is 1. The van der Waals surface area contributed by atoms with Crippen molar-refractivity contribution >= 4 is 40.5 Å². The van der Waals surface area contributed by atoms with E-state index in [-0.39, 0.29) is 18.4 Å². The van der Waals surface area contributed by atoms with E-state index in [0.29, 0.717) is 57.2 Å². The van der Waals surface area contributed by atoms with Crippen LogP contribution in [0.1, 0.15) is 33.6 Å². The number of carbonyl (C=O) groups excluding carboxylic acids is 2. The quantitative estimate of drug-likeness (QED) is 0.187. The molecule has 13 heteroatoms. The molecule has 2 N–H and O–H groups in total. The molecule has 1 saturated carbocycles. The Hall–Kier alpha value is -5.85. The number of amides is 2. The summed E-state index contributed by atoms with van der Waals surface area (Å²) in [6.07, 6.45) is 2.07. The van der Waals surface area contributed by atoms with E-state index in [0.717, 1.165) is 46.8 Å². The van der Waals surface area contributed by atoms with Gasteiger partial charge in [-0.3, -0.25) is 4.79 Å². The lowest BCUT2D eigenvalue weighted by atomic mass is 10.1. The number of aromatic nitrogens is 3. The summed E-state index contributed by atoms with van der Waals surface area (Å²) < 4.78 is 26.1. The van der Waals surface area contributed by atoms with Crippen molar-refractivity contribution in [3.05, 3.63) is 107 Å². The number of rotatable bonds is 11. The van der Waals surface area contributed by atoms with Gasteiger partial charge in [-0.25, -0.2) is 18.7 Å². The molecule has 268 valence electrons. The van der Waals surface area contributed by atoms with Crippen molar-refractivity contribution < 1.29 is 23.5 Å². The van der Waals surface area contributed by atoms with Gasteiger partial charge in [-0.05, 0) is 48.2 Å². The number of carbonyl (C=O) groups is 2. The van der Waals surface area contributed by atoms with Crippen LogP contribution in [-0.4, -0.2) is 90.1 Å². The van der Waals surface area contributed by atoms with Crippen LogP contribution < -0.4 is 25.2 Å². The number of methoxy groups -OCH3 is 1. The van der Waals surface area contributed by atoms with E-state index in [1.807, 2.05) is 60.7 Å². The monoisotopic (exact) mass is 704 g/mol. The van der Waals surface area contributed by atoms with Gasteiger partial charge in [-0.15, -0.1) is 5.10 Å². The highest BCUT2D eigenvalue weighted by Crippen LogP contribution is 2.40. The molecule has 2 amide bonds. The third-order valence-corrected chi connectivity index (χ3v) is 9.97.